The zero-order chi connectivity index (χ0) is 16.4. The van der Waals surface area contributed by atoms with E-state index in [4.69, 9.17) is 15.7 Å². The summed E-state index contributed by atoms with van der Waals surface area (Å²) in [6.07, 6.45) is 11.3. The van der Waals surface area contributed by atoms with Crippen molar-refractivity contribution in [2.75, 3.05) is 12.3 Å². The summed E-state index contributed by atoms with van der Waals surface area (Å²) in [5.74, 6) is 2.29. The number of aromatic nitrogens is 3. The Hall–Kier alpha value is -2.01. The second-order valence-electron chi connectivity index (χ2n) is 7.04. The summed E-state index contributed by atoms with van der Waals surface area (Å²) >= 11 is 0. The maximum absolute atomic E-state index is 5.97. The molecule has 1 fully saturated rings. The first-order valence-electron chi connectivity index (χ1n) is 9.06. The fraction of sp³-hybridized carbons (Fsp3) is 0.526. The molecule has 126 valence electrons. The van der Waals surface area contributed by atoms with Gasteiger partial charge in [-0.3, -0.25) is 4.90 Å². The van der Waals surface area contributed by atoms with E-state index in [1.807, 2.05) is 6.07 Å². The molecule has 0 aromatic carbocycles. The first-order chi connectivity index (χ1) is 11.8. The standard InChI is InChI=1S/C19H25N5/c20-18-15(7-4-9-21-18)12-24-10-8-17-16(13-24)11-22-19(23-17)14-5-2-1-3-6-14/h4,7,9,11,14H,1-3,5-6,8,10,12-13H2,(H2,20,21). The molecule has 2 aromatic heterocycles. The Balaban J connectivity index is 1.46. The van der Waals surface area contributed by atoms with Crippen molar-refractivity contribution in [2.24, 2.45) is 0 Å². The average molecular weight is 323 g/mol. The zero-order valence-electron chi connectivity index (χ0n) is 14.1. The van der Waals surface area contributed by atoms with Crippen LogP contribution in [-0.4, -0.2) is 26.4 Å². The highest BCUT2D eigenvalue weighted by molar-refractivity contribution is 5.38. The Labute approximate surface area is 143 Å². The maximum Gasteiger partial charge on any atom is 0.131 e. The average Bonchev–Trinajstić information content (AvgIpc) is 2.64. The molecule has 5 heteroatoms. The van der Waals surface area contributed by atoms with E-state index in [2.05, 4.69) is 22.1 Å². The number of fused-ring (bicyclic) bond motifs is 1. The van der Waals surface area contributed by atoms with Crippen LogP contribution in [-0.2, 0) is 19.5 Å². The molecule has 0 spiro atoms. The molecule has 1 saturated carbocycles. The smallest absolute Gasteiger partial charge is 0.131 e. The van der Waals surface area contributed by atoms with Crippen molar-refractivity contribution in [3.05, 3.63) is 47.2 Å². The number of anilines is 1. The Bertz CT molecular complexity index is 709. The second-order valence-corrected chi connectivity index (χ2v) is 7.04. The predicted octanol–water partition coefficient (Wildman–Crippen LogP) is 3.06. The molecule has 2 aromatic rings. The predicted molar refractivity (Wildman–Crippen MR) is 94.3 cm³/mol. The lowest BCUT2D eigenvalue weighted by molar-refractivity contribution is 0.242. The van der Waals surface area contributed by atoms with Crippen molar-refractivity contribution < 1.29 is 0 Å². The molecule has 3 heterocycles. The van der Waals surface area contributed by atoms with E-state index >= 15 is 0 Å². The van der Waals surface area contributed by atoms with Gasteiger partial charge in [0.25, 0.3) is 0 Å². The highest BCUT2D eigenvalue weighted by Gasteiger charge is 2.23. The Morgan fingerprint density at radius 1 is 1.17 bits per heavy atom. The van der Waals surface area contributed by atoms with Gasteiger partial charge >= 0.3 is 0 Å². The van der Waals surface area contributed by atoms with Crippen LogP contribution in [0, 0.1) is 0 Å². The Kier molecular flexibility index (Phi) is 4.43. The molecule has 2 N–H and O–H groups in total. The third kappa shape index (κ3) is 3.26. The monoisotopic (exact) mass is 323 g/mol. The summed E-state index contributed by atoms with van der Waals surface area (Å²) in [5, 5.41) is 0. The van der Waals surface area contributed by atoms with Gasteiger partial charge in [-0.05, 0) is 18.9 Å². The summed E-state index contributed by atoms with van der Waals surface area (Å²) < 4.78 is 0. The first kappa shape index (κ1) is 15.5. The molecule has 1 aliphatic carbocycles. The molecule has 0 unspecified atom stereocenters. The van der Waals surface area contributed by atoms with Crippen LogP contribution in [0.3, 0.4) is 0 Å². The van der Waals surface area contributed by atoms with Crippen molar-refractivity contribution in [3.8, 4) is 0 Å². The van der Waals surface area contributed by atoms with Crippen molar-refractivity contribution in [1.29, 1.82) is 0 Å². The van der Waals surface area contributed by atoms with Gasteiger partial charge in [0.15, 0.2) is 0 Å². The van der Waals surface area contributed by atoms with Gasteiger partial charge in [-0.25, -0.2) is 15.0 Å². The molecule has 0 atom stereocenters. The van der Waals surface area contributed by atoms with Crippen molar-refractivity contribution in [3.63, 3.8) is 0 Å². The minimum Gasteiger partial charge on any atom is -0.383 e. The van der Waals surface area contributed by atoms with E-state index in [1.165, 1.54) is 43.4 Å². The quantitative estimate of drug-likeness (QED) is 0.940. The van der Waals surface area contributed by atoms with Gasteiger partial charge in [0, 0.05) is 61.2 Å². The van der Waals surface area contributed by atoms with Crippen LogP contribution in [0.2, 0.25) is 0 Å². The van der Waals surface area contributed by atoms with Crippen LogP contribution < -0.4 is 5.73 Å². The van der Waals surface area contributed by atoms with E-state index in [-0.39, 0.29) is 0 Å². The number of rotatable bonds is 3. The fourth-order valence-electron chi connectivity index (χ4n) is 3.91. The summed E-state index contributed by atoms with van der Waals surface area (Å²) in [7, 11) is 0. The molecule has 1 aliphatic heterocycles. The number of nitrogen functional groups attached to an aromatic ring is 1. The third-order valence-electron chi connectivity index (χ3n) is 5.32. The van der Waals surface area contributed by atoms with Gasteiger partial charge < -0.3 is 5.73 Å². The van der Waals surface area contributed by atoms with Crippen LogP contribution in [0.5, 0.6) is 0 Å². The zero-order valence-corrected chi connectivity index (χ0v) is 14.1. The molecule has 24 heavy (non-hydrogen) atoms. The molecule has 0 saturated heterocycles. The summed E-state index contributed by atoms with van der Waals surface area (Å²) in [5.41, 5.74) is 9.59. The van der Waals surface area contributed by atoms with Gasteiger partial charge in [0.1, 0.15) is 11.6 Å². The van der Waals surface area contributed by atoms with Crippen molar-refractivity contribution in [1.82, 2.24) is 19.9 Å². The summed E-state index contributed by atoms with van der Waals surface area (Å²) in [6, 6.07) is 4.00. The molecular weight excluding hydrogens is 298 g/mol. The van der Waals surface area contributed by atoms with Crippen LogP contribution in [0.1, 0.15) is 60.7 Å². The minimum absolute atomic E-state index is 0.581. The van der Waals surface area contributed by atoms with Gasteiger partial charge in [-0.2, -0.15) is 0 Å². The largest absolute Gasteiger partial charge is 0.383 e. The van der Waals surface area contributed by atoms with E-state index in [0.29, 0.717) is 11.7 Å². The topological polar surface area (TPSA) is 67.9 Å². The minimum atomic E-state index is 0.581. The number of pyridine rings is 1. The van der Waals surface area contributed by atoms with Gasteiger partial charge in [-0.1, -0.05) is 25.3 Å². The highest BCUT2D eigenvalue weighted by Crippen LogP contribution is 2.31. The Morgan fingerprint density at radius 3 is 2.88 bits per heavy atom. The van der Waals surface area contributed by atoms with Crippen LogP contribution in [0.25, 0.3) is 0 Å². The second kappa shape index (κ2) is 6.85. The molecule has 5 nitrogen and oxygen atoms in total. The molecule has 2 aliphatic rings. The van der Waals surface area contributed by atoms with E-state index < -0.39 is 0 Å². The number of hydrogen-bond acceptors (Lipinski definition) is 5. The Morgan fingerprint density at radius 2 is 2.04 bits per heavy atom. The van der Waals surface area contributed by atoms with E-state index in [1.54, 1.807) is 6.20 Å². The molecule has 4 rings (SSSR count). The number of nitrogens with zero attached hydrogens (tertiary/aromatic N) is 4. The lowest BCUT2D eigenvalue weighted by atomic mass is 9.88. The molecule has 0 radical (unpaired) electrons. The summed E-state index contributed by atoms with van der Waals surface area (Å²) in [4.78, 5) is 16.2. The van der Waals surface area contributed by atoms with E-state index in [0.717, 1.165) is 37.4 Å². The van der Waals surface area contributed by atoms with Crippen LogP contribution in [0.15, 0.2) is 24.5 Å². The SMILES string of the molecule is Nc1ncccc1CN1CCc2nc(C3CCCCC3)ncc2C1. The van der Waals surface area contributed by atoms with Crippen LogP contribution >= 0.6 is 0 Å². The van der Waals surface area contributed by atoms with Crippen molar-refractivity contribution >= 4 is 5.82 Å². The fourth-order valence-corrected chi connectivity index (χ4v) is 3.91. The number of hydrogen-bond donors (Lipinski definition) is 1. The van der Waals surface area contributed by atoms with E-state index in [9.17, 15) is 0 Å². The number of nitrogens with two attached hydrogens (primary N) is 1. The van der Waals surface area contributed by atoms with Crippen molar-refractivity contribution in [2.45, 2.75) is 57.5 Å². The lowest BCUT2D eigenvalue weighted by Crippen LogP contribution is -2.31. The maximum atomic E-state index is 5.97. The van der Waals surface area contributed by atoms with Gasteiger partial charge in [0.2, 0.25) is 0 Å². The molecule has 0 amide bonds. The molecular formula is C19H25N5. The third-order valence-corrected chi connectivity index (χ3v) is 5.32. The summed E-state index contributed by atoms with van der Waals surface area (Å²) in [6.45, 7) is 2.75. The lowest BCUT2D eigenvalue weighted by Gasteiger charge is -2.29. The van der Waals surface area contributed by atoms with Crippen LogP contribution in [0.4, 0.5) is 5.82 Å². The first-order valence-corrected chi connectivity index (χ1v) is 9.06. The normalized spacial score (nSPS) is 19.2. The molecule has 0 bridgehead atoms. The van der Waals surface area contributed by atoms with Gasteiger partial charge in [-0.15, -0.1) is 0 Å². The van der Waals surface area contributed by atoms with Gasteiger partial charge in [0.05, 0.1) is 0 Å². The highest BCUT2D eigenvalue weighted by atomic mass is 15.1.